The van der Waals surface area contributed by atoms with Crippen LogP contribution >= 0.6 is 0 Å². The third-order valence-electron chi connectivity index (χ3n) is 5.29. The number of aryl methyl sites for hydroxylation is 2. The number of benzene rings is 1. The summed E-state index contributed by atoms with van der Waals surface area (Å²) in [4.78, 5) is 26.8. The lowest BCUT2D eigenvalue weighted by atomic mass is 9.95. The highest BCUT2D eigenvalue weighted by atomic mass is 16.2. The molecule has 24 heavy (non-hydrogen) atoms. The predicted octanol–water partition coefficient (Wildman–Crippen LogP) is 3.13. The van der Waals surface area contributed by atoms with E-state index in [1.807, 2.05) is 11.8 Å². The Hall–Kier alpha value is -1.84. The van der Waals surface area contributed by atoms with E-state index in [0.717, 1.165) is 32.2 Å². The van der Waals surface area contributed by atoms with E-state index < -0.39 is 0 Å². The molecule has 3 rings (SSSR count). The van der Waals surface area contributed by atoms with Gasteiger partial charge in [-0.25, -0.2) is 0 Å². The minimum Gasteiger partial charge on any atom is -0.349 e. The van der Waals surface area contributed by atoms with Crippen LogP contribution in [0, 0.1) is 25.7 Å². The van der Waals surface area contributed by atoms with E-state index in [0.29, 0.717) is 6.54 Å². The van der Waals surface area contributed by atoms with Crippen LogP contribution in [0.3, 0.4) is 0 Å². The van der Waals surface area contributed by atoms with Crippen LogP contribution in [-0.4, -0.2) is 29.8 Å². The molecule has 4 nitrogen and oxygen atoms in total. The van der Waals surface area contributed by atoms with Gasteiger partial charge in [0.2, 0.25) is 11.8 Å². The lowest BCUT2D eigenvalue weighted by Crippen LogP contribution is -2.46. The van der Waals surface area contributed by atoms with Crippen LogP contribution in [0.4, 0.5) is 0 Å². The van der Waals surface area contributed by atoms with Crippen LogP contribution in [0.2, 0.25) is 0 Å². The highest BCUT2D eigenvalue weighted by Gasteiger charge is 2.36. The number of carbonyl (C=O) groups is 2. The molecule has 2 fully saturated rings. The molecule has 1 aromatic rings. The number of nitrogens with zero attached hydrogens (tertiary/aromatic N) is 1. The van der Waals surface area contributed by atoms with Crippen molar-refractivity contribution in [2.75, 3.05) is 13.1 Å². The smallest absolute Gasteiger partial charge is 0.225 e. The van der Waals surface area contributed by atoms with E-state index in [9.17, 15) is 9.59 Å². The summed E-state index contributed by atoms with van der Waals surface area (Å²) in [5.41, 5.74) is 3.57. The summed E-state index contributed by atoms with van der Waals surface area (Å²) in [6.45, 7) is 7.58. The van der Waals surface area contributed by atoms with Gasteiger partial charge in [-0.1, -0.05) is 23.8 Å². The average molecular weight is 328 g/mol. The fourth-order valence-electron chi connectivity index (χ4n) is 3.62. The second-order valence-corrected chi connectivity index (χ2v) is 7.49. The highest BCUT2D eigenvalue weighted by molar-refractivity contribution is 5.83. The summed E-state index contributed by atoms with van der Waals surface area (Å²) in [5, 5.41) is 3.16. The summed E-state index contributed by atoms with van der Waals surface area (Å²) >= 11 is 0. The third-order valence-corrected chi connectivity index (χ3v) is 5.29. The zero-order valence-corrected chi connectivity index (χ0v) is 15.0. The summed E-state index contributed by atoms with van der Waals surface area (Å²) in [5.74, 6) is 0.501. The number of hydrogen-bond donors (Lipinski definition) is 1. The Kier molecular flexibility index (Phi) is 4.93. The number of rotatable bonds is 4. The fraction of sp³-hybridized carbons (Fsp3) is 0.600. The number of nitrogens with one attached hydrogen (secondary N) is 1. The molecule has 1 aliphatic heterocycles. The molecule has 130 valence electrons. The quantitative estimate of drug-likeness (QED) is 0.923. The van der Waals surface area contributed by atoms with Gasteiger partial charge < -0.3 is 10.2 Å². The Morgan fingerprint density at radius 3 is 2.62 bits per heavy atom. The van der Waals surface area contributed by atoms with Crippen molar-refractivity contribution < 1.29 is 9.59 Å². The van der Waals surface area contributed by atoms with E-state index in [4.69, 9.17) is 0 Å². The van der Waals surface area contributed by atoms with Gasteiger partial charge in [-0.2, -0.15) is 0 Å². The van der Waals surface area contributed by atoms with Gasteiger partial charge in [0.05, 0.1) is 12.0 Å². The SMILES string of the molecule is Cc1ccc(C)c(C(C)NC(=O)C2CCCN(C(=O)C3CC3)C2)c1. The summed E-state index contributed by atoms with van der Waals surface area (Å²) in [6, 6.07) is 6.33. The first kappa shape index (κ1) is 17.0. The Bertz CT molecular complexity index is 637. The van der Waals surface area contributed by atoms with Crippen molar-refractivity contribution >= 4 is 11.8 Å². The molecule has 2 unspecified atom stereocenters. The fourth-order valence-corrected chi connectivity index (χ4v) is 3.62. The summed E-state index contributed by atoms with van der Waals surface area (Å²) < 4.78 is 0. The Balaban J connectivity index is 1.61. The van der Waals surface area contributed by atoms with Gasteiger partial charge >= 0.3 is 0 Å². The molecule has 2 amide bonds. The van der Waals surface area contributed by atoms with Crippen molar-refractivity contribution in [3.8, 4) is 0 Å². The van der Waals surface area contributed by atoms with Gasteiger partial charge in [0.25, 0.3) is 0 Å². The Labute approximate surface area is 144 Å². The van der Waals surface area contributed by atoms with E-state index in [-0.39, 0.29) is 29.7 Å². The number of piperidine rings is 1. The molecule has 0 radical (unpaired) electrons. The molecule has 0 spiro atoms. The van der Waals surface area contributed by atoms with Gasteiger partial charge in [-0.05, 0) is 57.6 Å². The van der Waals surface area contributed by atoms with Gasteiger partial charge in [-0.3, -0.25) is 9.59 Å². The van der Waals surface area contributed by atoms with Gasteiger partial charge in [0, 0.05) is 19.0 Å². The first-order chi connectivity index (χ1) is 11.5. The van der Waals surface area contributed by atoms with Crippen LogP contribution in [0.15, 0.2) is 18.2 Å². The molecule has 1 saturated carbocycles. The molecular weight excluding hydrogens is 300 g/mol. The standard InChI is InChI=1S/C20H28N2O2/c1-13-6-7-14(2)18(11-13)15(3)21-19(23)17-5-4-10-22(12-17)20(24)16-8-9-16/h6-7,11,15-17H,4-5,8-10,12H2,1-3H3,(H,21,23). The Morgan fingerprint density at radius 2 is 1.92 bits per heavy atom. The normalized spacial score (nSPS) is 22.1. The second kappa shape index (κ2) is 6.96. The van der Waals surface area contributed by atoms with Gasteiger partial charge in [-0.15, -0.1) is 0 Å². The molecule has 2 aliphatic rings. The van der Waals surface area contributed by atoms with Crippen LogP contribution in [-0.2, 0) is 9.59 Å². The van der Waals surface area contributed by atoms with Crippen LogP contribution < -0.4 is 5.32 Å². The number of likely N-dealkylation sites (tertiary alicyclic amines) is 1. The first-order valence-corrected chi connectivity index (χ1v) is 9.12. The average Bonchev–Trinajstić information content (AvgIpc) is 3.41. The number of hydrogen-bond acceptors (Lipinski definition) is 2. The zero-order valence-electron chi connectivity index (χ0n) is 15.0. The third kappa shape index (κ3) is 3.80. The number of carbonyl (C=O) groups excluding carboxylic acids is 2. The van der Waals surface area contributed by atoms with Crippen molar-refractivity contribution in [1.29, 1.82) is 0 Å². The van der Waals surface area contributed by atoms with E-state index in [1.165, 1.54) is 16.7 Å². The van der Waals surface area contributed by atoms with E-state index in [2.05, 4.69) is 37.4 Å². The second-order valence-electron chi connectivity index (χ2n) is 7.49. The van der Waals surface area contributed by atoms with Crippen LogP contribution in [0.5, 0.6) is 0 Å². The van der Waals surface area contributed by atoms with Crippen LogP contribution in [0.1, 0.15) is 55.3 Å². The van der Waals surface area contributed by atoms with Crippen molar-refractivity contribution in [2.45, 2.75) is 52.5 Å². The Morgan fingerprint density at radius 1 is 1.17 bits per heavy atom. The van der Waals surface area contributed by atoms with Crippen molar-refractivity contribution in [2.24, 2.45) is 11.8 Å². The zero-order chi connectivity index (χ0) is 17.3. The molecule has 2 atom stereocenters. The minimum atomic E-state index is -0.0750. The minimum absolute atomic E-state index is 0.00749. The van der Waals surface area contributed by atoms with Gasteiger partial charge in [0.1, 0.15) is 0 Å². The molecule has 1 heterocycles. The van der Waals surface area contributed by atoms with Crippen molar-refractivity contribution in [3.05, 3.63) is 34.9 Å². The first-order valence-electron chi connectivity index (χ1n) is 9.12. The molecule has 4 heteroatoms. The maximum absolute atomic E-state index is 12.7. The summed E-state index contributed by atoms with van der Waals surface area (Å²) in [6.07, 6.45) is 3.85. The molecule has 0 aromatic heterocycles. The maximum Gasteiger partial charge on any atom is 0.225 e. The van der Waals surface area contributed by atoms with Gasteiger partial charge in [0.15, 0.2) is 0 Å². The molecule has 1 N–H and O–H groups in total. The predicted molar refractivity (Wildman–Crippen MR) is 94.5 cm³/mol. The summed E-state index contributed by atoms with van der Waals surface area (Å²) in [7, 11) is 0. The molecule has 0 bridgehead atoms. The lowest BCUT2D eigenvalue weighted by molar-refractivity contribution is -0.137. The number of amides is 2. The van der Waals surface area contributed by atoms with E-state index >= 15 is 0 Å². The maximum atomic E-state index is 12.7. The lowest BCUT2D eigenvalue weighted by Gasteiger charge is -2.33. The molecule has 1 aromatic carbocycles. The topological polar surface area (TPSA) is 49.4 Å². The monoisotopic (exact) mass is 328 g/mol. The molecule has 1 saturated heterocycles. The molecular formula is C20H28N2O2. The highest BCUT2D eigenvalue weighted by Crippen LogP contribution is 2.32. The van der Waals surface area contributed by atoms with Crippen molar-refractivity contribution in [3.63, 3.8) is 0 Å². The molecule has 1 aliphatic carbocycles. The van der Waals surface area contributed by atoms with Crippen molar-refractivity contribution in [1.82, 2.24) is 10.2 Å². The van der Waals surface area contributed by atoms with Crippen LogP contribution in [0.25, 0.3) is 0 Å². The van der Waals surface area contributed by atoms with E-state index in [1.54, 1.807) is 0 Å². The largest absolute Gasteiger partial charge is 0.349 e.